The quantitative estimate of drug-likeness (QED) is 0.679. The number of carbonyl (C=O) groups is 3. The molecule has 1 heterocycles. The molecule has 3 aliphatic rings. The number of hydrogen-bond donors (Lipinski definition) is 2. The van der Waals surface area contributed by atoms with Crippen LogP contribution in [0, 0.1) is 17.3 Å². The normalized spacial score (nSPS) is 24.3. The number of aliphatic carboxylic acids is 1. The lowest BCUT2D eigenvalue weighted by Crippen LogP contribution is -2.50. The van der Waals surface area contributed by atoms with Gasteiger partial charge in [-0.3, -0.25) is 9.59 Å². The van der Waals surface area contributed by atoms with Gasteiger partial charge in [-0.25, -0.2) is 4.79 Å². The lowest BCUT2D eigenvalue weighted by molar-refractivity contribution is -0.149. The highest BCUT2D eigenvalue weighted by Gasteiger charge is 2.50. The predicted octanol–water partition coefficient (Wildman–Crippen LogP) is 3.87. The first kappa shape index (κ1) is 22.4. The van der Waals surface area contributed by atoms with Gasteiger partial charge in [-0.1, -0.05) is 55.5 Å². The number of alkyl carbamates (subject to hydrolysis) is 1. The Morgan fingerprint density at radius 1 is 1.09 bits per heavy atom. The fourth-order valence-corrected chi connectivity index (χ4v) is 5.37. The number of benzene rings is 2. The van der Waals surface area contributed by atoms with Gasteiger partial charge in [0.1, 0.15) is 12.6 Å². The first-order chi connectivity index (χ1) is 16.3. The summed E-state index contributed by atoms with van der Waals surface area (Å²) in [4.78, 5) is 39.4. The van der Waals surface area contributed by atoms with E-state index < -0.39 is 23.5 Å². The van der Waals surface area contributed by atoms with E-state index in [1.165, 1.54) is 0 Å². The SMILES string of the molecule is C[C@H]1CN(C(=O)C(NC(=O)OCC2c3ccccc3-c3ccccc32)C2CC2)C[C@]1(C)C(=O)O. The molecule has 1 saturated heterocycles. The molecule has 2 aromatic rings. The van der Waals surface area contributed by atoms with Crippen molar-refractivity contribution in [3.8, 4) is 11.1 Å². The molecule has 0 radical (unpaired) electrons. The summed E-state index contributed by atoms with van der Waals surface area (Å²) < 4.78 is 5.65. The van der Waals surface area contributed by atoms with E-state index in [-0.39, 0.29) is 36.8 Å². The van der Waals surface area contributed by atoms with Gasteiger partial charge in [0.15, 0.2) is 0 Å². The summed E-state index contributed by atoms with van der Waals surface area (Å²) in [6.45, 7) is 4.24. The Morgan fingerprint density at radius 3 is 2.21 bits per heavy atom. The molecule has 0 aromatic heterocycles. The zero-order valence-electron chi connectivity index (χ0n) is 19.5. The minimum atomic E-state index is -0.979. The molecule has 3 atom stereocenters. The highest BCUT2D eigenvalue weighted by atomic mass is 16.5. The van der Waals surface area contributed by atoms with Crippen molar-refractivity contribution in [1.82, 2.24) is 10.2 Å². The molecule has 34 heavy (non-hydrogen) atoms. The molecule has 5 rings (SSSR count). The fourth-order valence-electron chi connectivity index (χ4n) is 5.37. The van der Waals surface area contributed by atoms with Crippen LogP contribution in [0.25, 0.3) is 11.1 Å². The second-order valence-electron chi connectivity index (χ2n) is 10.1. The van der Waals surface area contributed by atoms with Crippen molar-refractivity contribution in [2.24, 2.45) is 17.3 Å². The third-order valence-corrected chi connectivity index (χ3v) is 7.88. The molecule has 7 nitrogen and oxygen atoms in total. The van der Waals surface area contributed by atoms with E-state index in [1.54, 1.807) is 11.8 Å². The predicted molar refractivity (Wildman–Crippen MR) is 126 cm³/mol. The Hall–Kier alpha value is -3.35. The summed E-state index contributed by atoms with van der Waals surface area (Å²) in [5, 5.41) is 12.4. The third-order valence-electron chi connectivity index (χ3n) is 7.88. The average molecular weight is 463 g/mol. The van der Waals surface area contributed by atoms with Crippen LogP contribution < -0.4 is 5.32 Å². The van der Waals surface area contributed by atoms with Crippen LogP contribution in [-0.4, -0.2) is 53.7 Å². The molecule has 7 heteroatoms. The summed E-state index contributed by atoms with van der Waals surface area (Å²) in [6.07, 6.45) is 1.11. The van der Waals surface area contributed by atoms with Crippen LogP contribution in [0.5, 0.6) is 0 Å². The molecular weight excluding hydrogens is 432 g/mol. The van der Waals surface area contributed by atoms with Gasteiger partial charge < -0.3 is 20.1 Å². The van der Waals surface area contributed by atoms with Crippen LogP contribution in [-0.2, 0) is 14.3 Å². The fraction of sp³-hybridized carbons (Fsp3) is 0.444. The average Bonchev–Trinajstić information content (AvgIpc) is 3.55. The van der Waals surface area contributed by atoms with Gasteiger partial charge in [-0.2, -0.15) is 0 Å². The molecule has 1 aliphatic heterocycles. The molecule has 2 N–H and O–H groups in total. The maximum atomic E-state index is 13.3. The van der Waals surface area contributed by atoms with Gasteiger partial charge in [0, 0.05) is 19.0 Å². The van der Waals surface area contributed by atoms with Gasteiger partial charge in [-0.05, 0) is 53.9 Å². The van der Waals surface area contributed by atoms with Gasteiger partial charge in [0.2, 0.25) is 5.91 Å². The standard InChI is InChI=1S/C27H30N2O5/c1-16-13-29(15-27(16,2)25(31)32)24(30)23(17-11-12-17)28-26(33)34-14-22-20-9-5-3-7-18(20)19-8-4-6-10-21(19)22/h3-10,16-17,22-23H,11-15H2,1-2H3,(H,28,33)(H,31,32)/t16-,23?,27-/m0/s1. The number of hydrogen-bond acceptors (Lipinski definition) is 4. The Balaban J connectivity index is 1.25. The molecule has 0 spiro atoms. The van der Waals surface area contributed by atoms with Crippen LogP contribution >= 0.6 is 0 Å². The third kappa shape index (κ3) is 3.83. The highest BCUT2D eigenvalue weighted by molar-refractivity contribution is 5.88. The van der Waals surface area contributed by atoms with Crippen LogP contribution in [0.4, 0.5) is 4.79 Å². The number of fused-ring (bicyclic) bond motifs is 3. The molecule has 1 unspecified atom stereocenters. The Kier molecular flexibility index (Phi) is 5.58. The minimum absolute atomic E-state index is 0.0519. The summed E-state index contributed by atoms with van der Waals surface area (Å²) in [7, 11) is 0. The number of rotatable bonds is 6. The van der Waals surface area contributed by atoms with Crippen LogP contribution in [0.2, 0.25) is 0 Å². The van der Waals surface area contributed by atoms with E-state index >= 15 is 0 Å². The number of ether oxygens (including phenoxy) is 1. The van der Waals surface area contributed by atoms with Gasteiger partial charge in [0.05, 0.1) is 5.41 Å². The number of carboxylic acids is 1. The first-order valence-corrected chi connectivity index (χ1v) is 11.9. The Morgan fingerprint density at radius 2 is 1.68 bits per heavy atom. The van der Waals surface area contributed by atoms with Crippen molar-refractivity contribution in [2.45, 2.75) is 38.6 Å². The number of nitrogens with one attached hydrogen (secondary N) is 1. The lowest BCUT2D eigenvalue weighted by atomic mass is 9.81. The van der Waals surface area contributed by atoms with E-state index in [4.69, 9.17) is 4.74 Å². The largest absolute Gasteiger partial charge is 0.481 e. The lowest BCUT2D eigenvalue weighted by Gasteiger charge is -2.26. The van der Waals surface area contributed by atoms with E-state index in [0.29, 0.717) is 6.54 Å². The van der Waals surface area contributed by atoms with Crippen molar-refractivity contribution in [3.05, 3.63) is 59.7 Å². The van der Waals surface area contributed by atoms with Crippen molar-refractivity contribution < 1.29 is 24.2 Å². The summed E-state index contributed by atoms with van der Waals surface area (Å²) in [5.74, 6) is -1.26. The maximum Gasteiger partial charge on any atom is 0.407 e. The van der Waals surface area contributed by atoms with Crippen LogP contribution in [0.15, 0.2) is 48.5 Å². The topological polar surface area (TPSA) is 95.9 Å². The number of likely N-dealkylation sites (tertiary alicyclic amines) is 1. The molecule has 1 saturated carbocycles. The summed E-state index contributed by atoms with van der Waals surface area (Å²) in [6, 6.07) is 15.6. The number of nitrogens with zero attached hydrogens (tertiary/aromatic N) is 1. The number of amides is 2. The van der Waals surface area contributed by atoms with Crippen molar-refractivity contribution >= 4 is 18.0 Å². The summed E-state index contributed by atoms with van der Waals surface area (Å²) in [5.41, 5.74) is 3.59. The first-order valence-electron chi connectivity index (χ1n) is 11.9. The number of carboxylic acid groups (broad SMARTS) is 1. The second kappa shape index (κ2) is 8.46. The van der Waals surface area contributed by atoms with Crippen molar-refractivity contribution in [3.63, 3.8) is 0 Å². The van der Waals surface area contributed by atoms with E-state index in [1.807, 2.05) is 31.2 Å². The molecular formula is C27H30N2O5. The minimum Gasteiger partial charge on any atom is -0.481 e. The van der Waals surface area contributed by atoms with E-state index in [0.717, 1.165) is 35.1 Å². The maximum absolute atomic E-state index is 13.3. The Labute approximate surface area is 199 Å². The number of carbonyl (C=O) groups excluding carboxylic acids is 2. The second-order valence-corrected chi connectivity index (χ2v) is 10.1. The van der Waals surface area contributed by atoms with Crippen molar-refractivity contribution in [1.29, 1.82) is 0 Å². The van der Waals surface area contributed by atoms with E-state index in [9.17, 15) is 19.5 Å². The van der Waals surface area contributed by atoms with Crippen LogP contribution in [0.1, 0.15) is 43.7 Å². The highest BCUT2D eigenvalue weighted by Crippen LogP contribution is 2.44. The molecule has 2 fully saturated rings. The molecule has 178 valence electrons. The zero-order chi connectivity index (χ0) is 24.0. The van der Waals surface area contributed by atoms with Crippen molar-refractivity contribution in [2.75, 3.05) is 19.7 Å². The molecule has 2 aliphatic carbocycles. The smallest absolute Gasteiger partial charge is 0.407 e. The zero-order valence-corrected chi connectivity index (χ0v) is 19.5. The molecule has 0 bridgehead atoms. The van der Waals surface area contributed by atoms with Gasteiger partial charge in [0.25, 0.3) is 0 Å². The van der Waals surface area contributed by atoms with Gasteiger partial charge in [-0.15, -0.1) is 0 Å². The monoisotopic (exact) mass is 462 g/mol. The molecule has 2 amide bonds. The Bertz CT molecular complexity index is 1100. The van der Waals surface area contributed by atoms with Gasteiger partial charge >= 0.3 is 12.1 Å². The van der Waals surface area contributed by atoms with Crippen LogP contribution in [0.3, 0.4) is 0 Å². The molecule has 2 aromatic carbocycles. The summed E-state index contributed by atoms with van der Waals surface area (Å²) >= 11 is 0. The van der Waals surface area contributed by atoms with E-state index in [2.05, 4.69) is 29.6 Å².